The van der Waals surface area contributed by atoms with Gasteiger partial charge < -0.3 is 25.3 Å². The average molecular weight is 667 g/mol. The van der Waals surface area contributed by atoms with E-state index in [2.05, 4.69) is 34.0 Å². The van der Waals surface area contributed by atoms with Gasteiger partial charge in [0.1, 0.15) is 24.4 Å². The molecule has 0 fully saturated rings. The van der Waals surface area contributed by atoms with E-state index in [0.717, 1.165) is 24.3 Å². The molecule has 12 nitrogen and oxygen atoms in total. The first-order valence-corrected chi connectivity index (χ1v) is 15.7. The Morgan fingerprint density at radius 2 is 1.94 bits per heavy atom. The average Bonchev–Trinajstić information content (AvgIpc) is 3.52. The van der Waals surface area contributed by atoms with Gasteiger partial charge in [0.15, 0.2) is 0 Å². The molecule has 0 saturated heterocycles. The normalized spacial score (nSPS) is 12.6. The van der Waals surface area contributed by atoms with Gasteiger partial charge in [-0.2, -0.15) is 0 Å². The highest BCUT2D eigenvalue weighted by atomic mass is 35.5. The van der Waals surface area contributed by atoms with Crippen LogP contribution in [0.5, 0.6) is 0 Å². The number of allylic oxidation sites excluding steroid dienone is 3. The van der Waals surface area contributed by atoms with Gasteiger partial charge in [-0.25, -0.2) is 5.01 Å². The number of benzene rings is 1. The summed E-state index contributed by atoms with van der Waals surface area (Å²) in [6.45, 7) is 7.54. The van der Waals surface area contributed by atoms with E-state index in [9.17, 15) is 24.0 Å². The largest absolute Gasteiger partial charge is 0.465 e. The zero-order valence-corrected chi connectivity index (χ0v) is 28.1. The van der Waals surface area contributed by atoms with Crippen molar-refractivity contribution in [3.63, 3.8) is 0 Å². The second-order valence-electron chi connectivity index (χ2n) is 9.94. The second kappa shape index (κ2) is 19.5. The number of hydrazine groups is 1. The molecule has 5 N–H and O–H groups in total. The van der Waals surface area contributed by atoms with Gasteiger partial charge in [0.2, 0.25) is 0 Å². The third-order valence-corrected chi connectivity index (χ3v) is 7.02. The summed E-state index contributed by atoms with van der Waals surface area (Å²) in [6, 6.07) is 7.45. The van der Waals surface area contributed by atoms with E-state index in [4.69, 9.17) is 22.1 Å². The Bertz CT molecular complexity index is 1690. The zero-order chi connectivity index (χ0) is 34.9. The van der Waals surface area contributed by atoms with Gasteiger partial charge in [-0.3, -0.25) is 29.4 Å². The van der Waals surface area contributed by atoms with E-state index >= 15 is 0 Å². The number of fused-ring (bicyclic) bond motifs is 1. The summed E-state index contributed by atoms with van der Waals surface area (Å²) in [6.07, 6.45) is 12.8. The number of carbonyl (C=O) groups excluding carboxylic acids is 4. The van der Waals surface area contributed by atoms with E-state index < -0.39 is 35.9 Å². The Hall–Kier alpha value is -4.94. The first-order chi connectivity index (χ1) is 22.6. The molecule has 252 valence electrons. The van der Waals surface area contributed by atoms with E-state index in [0.29, 0.717) is 33.1 Å². The zero-order valence-electron chi connectivity index (χ0n) is 27.3. The standard InChI is InChI=1S/C24H24ClN5O6.C8H13N.C2H6/c1-3-36-21(33)13-30(20(32)5-4-10-31)28-23(34)14(2)29-9-8-16-12-19(27-22(16)24(29)35)15-6-7-18(26)17(25)11-15;1-9-7-8-5-3-2-4-6-8;1-2/h4-12,14,27H,3,13,26H2,1-2H3,(H,28,34);3,5-6,9H,2,4,7H2,1H3;1-2H3/b5-4+;;. The van der Waals surface area contributed by atoms with Crippen LogP contribution in [0.15, 0.2) is 77.3 Å². The lowest BCUT2D eigenvalue weighted by Crippen LogP contribution is -2.50. The lowest BCUT2D eigenvalue weighted by Gasteiger charge is -2.23. The van der Waals surface area contributed by atoms with Gasteiger partial charge in [0, 0.05) is 29.9 Å². The molecule has 2 aromatic heterocycles. The molecule has 1 aromatic carbocycles. The smallest absolute Gasteiger partial charge is 0.327 e. The Morgan fingerprint density at radius 1 is 1.19 bits per heavy atom. The van der Waals surface area contributed by atoms with Crippen molar-refractivity contribution in [1.82, 2.24) is 25.3 Å². The van der Waals surface area contributed by atoms with Crippen molar-refractivity contribution in [1.29, 1.82) is 0 Å². The van der Waals surface area contributed by atoms with Crippen molar-refractivity contribution in [3.05, 3.63) is 87.9 Å². The van der Waals surface area contributed by atoms with Crippen molar-refractivity contribution in [2.75, 3.05) is 32.5 Å². The number of likely N-dealkylation sites (N-methyl/N-ethyl adjacent to an activating group) is 1. The van der Waals surface area contributed by atoms with Crippen LogP contribution in [0.4, 0.5) is 5.69 Å². The monoisotopic (exact) mass is 666 g/mol. The Labute approximate surface area is 279 Å². The fourth-order valence-corrected chi connectivity index (χ4v) is 4.55. The van der Waals surface area contributed by atoms with E-state index in [1.165, 1.54) is 36.1 Å². The number of pyridine rings is 1. The molecule has 13 heteroatoms. The number of nitrogens with two attached hydrogens (primary N) is 1. The summed E-state index contributed by atoms with van der Waals surface area (Å²) in [4.78, 5) is 63.9. The maximum absolute atomic E-state index is 13.2. The topological polar surface area (TPSA) is 169 Å². The molecule has 0 radical (unpaired) electrons. The predicted molar refractivity (Wildman–Crippen MR) is 186 cm³/mol. The molecule has 0 bridgehead atoms. The molecule has 0 aliphatic heterocycles. The molecule has 2 heterocycles. The lowest BCUT2D eigenvalue weighted by atomic mass is 10.1. The number of nitrogen functional groups attached to an aromatic ring is 1. The molecule has 1 aliphatic rings. The van der Waals surface area contributed by atoms with Gasteiger partial charge in [-0.1, -0.05) is 49.7 Å². The summed E-state index contributed by atoms with van der Waals surface area (Å²) >= 11 is 6.11. The fourth-order valence-electron chi connectivity index (χ4n) is 4.37. The van der Waals surface area contributed by atoms with Crippen molar-refractivity contribution in [2.24, 2.45) is 0 Å². The predicted octanol–water partition coefficient (Wildman–Crippen LogP) is 4.48. The minimum absolute atomic E-state index is 0.0749. The van der Waals surface area contributed by atoms with Crippen LogP contribution >= 0.6 is 11.6 Å². The van der Waals surface area contributed by atoms with Crippen molar-refractivity contribution >= 4 is 52.3 Å². The number of H-pyrrole nitrogens is 1. The fraction of sp³-hybridized carbons (Fsp3) is 0.324. The Balaban J connectivity index is 0.000000594. The lowest BCUT2D eigenvalue weighted by molar-refractivity contribution is -0.151. The molecule has 1 aliphatic carbocycles. The van der Waals surface area contributed by atoms with Crippen molar-refractivity contribution in [3.8, 4) is 11.3 Å². The minimum atomic E-state index is -1.06. The van der Waals surface area contributed by atoms with Crippen LogP contribution in [-0.4, -0.2) is 65.4 Å². The number of esters is 1. The summed E-state index contributed by atoms with van der Waals surface area (Å²) in [5.74, 6) is -2.33. The summed E-state index contributed by atoms with van der Waals surface area (Å²) in [7, 11) is 1.98. The number of amides is 2. The molecule has 4 rings (SSSR count). The molecule has 47 heavy (non-hydrogen) atoms. The number of nitrogens with one attached hydrogen (secondary N) is 3. The van der Waals surface area contributed by atoms with E-state index in [1.807, 2.05) is 20.9 Å². The van der Waals surface area contributed by atoms with Crippen LogP contribution in [0.1, 0.15) is 46.6 Å². The number of hydrogen-bond donors (Lipinski definition) is 4. The van der Waals surface area contributed by atoms with Gasteiger partial charge >= 0.3 is 5.97 Å². The molecule has 1 unspecified atom stereocenters. The SMILES string of the molecule is CC.CCOC(=O)CN(NC(=O)C(C)n1ccc2cc(-c3ccc(N)c(Cl)c3)[nH]c2c1=O)C(=O)/C=C/C=O.CNCC1=CCCC=C1. The molecule has 0 saturated carbocycles. The first-order valence-electron chi connectivity index (χ1n) is 15.3. The molecular weight excluding hydrogens is 624 g/mol. The Kier molecular flexibility index (Phi) is 15.9. The number of aromatic nitrogens is 2. The number of aromatic amines is 1. The van der Waals surface area contributed by atoms with Crippen LogP contribution in [0.3, 0.4) is 0 Å². The van der Waals surface area contributed by atoms with Crippen LogP contribution in [0.25, 0.3) is 22.2 Å². The maximum Gasteiger partial charge on any atom is 0.327 e. The molecule has 2 amide bonds. The number of halogens is 1. The number of anilines is 1. The molecule has 0 spiro atoms. The summed E-state index contributed by atoms with van der Waals surface area (Å²) < 4.78 is 6.00. The van der Waals surface area contributed by atoms with Gasteiger partial charge in [0.05, 0.1) is 17.3 Å². The number of aldehydes is 1. The highest BCUT2D eigenvalue weighted by Crippen LogP contribution is 2.28. The minimum Gasteiger partial charge on any atom is -0.465 e. The highest BCUT2D eigenvalue weighted by Gasteiger charge is 2.24. The molecular formula is C34H43ClN6O6. The van der Waals surface area contributed by atoms with Crippen LogP contribution in [-0.2, 0) is 23.9 Å². The Morgan fingerprint density at radius 3 is 2.55 bits per heavy atom. The third kappa shape index (κ3) is 11.1. The number of ether oxygens (including phenoxy) is 1. The maximum atomic E-state index is 13.2. The van der Waals surface area contributed by atoms with Gasteiger partial charge in [0.25, 0.3) is 17.4 Å². The number of rotatable bonds is 10. The highest BCUT2D eigenvalue weighted by molar-refractivity contribution is 6.33. The second-order valence-corrected chi connectivity index (χ2v) is 10.4. The molecule has 1 atom stereocenters. The van der Waals surface area contributed by atoms with Crippen LogP contribution < -0.4 is 22.0 Å². The number of nitrogens with zero attached hydrogens (tertiary/aromatic N) is 2. The summed E-state index contributed by atoms with van der Waals surface area (Å²) in [5.41, 5.74) is 11.1. The number of carbonyl (C=O) groups is 4. The van der Waals surface area contributed by atoms with Crippen molar-refractivity contribution < 1.29 is 23.9 Å². The van der Waals surface area contributed by atoms with Gasteiger partial charge in [-0.05, 0) is 75.2 Å². The quantitative estimate of drug-likeness (QED) is 0.0807. The van der Waals surface area contributed by atoms with E-state index in [1.54, 1.807) is 37.3 Å². The van der Waals surface area contributed by atoms with Crippen molar-refractivity contribution in [2.45, 2.75) is 46.6 Å². The van der Waals surface area contributed by atoms with Crippen LogP contribution in [0.2, 0.25) is 5.02 Å². The first kappa shape index (κ1) is 38.2. The van der Waals surface area contributed by atoms with E-state index in [-0.39, 0.29) is 12.1 Å². The molecule has 3 aromatic rings. The number of hydrogen-bond acceptors (Lipinski definition) is 8. The van der Waals surface area contributed by atoms with Crippen LogP contribution in [0, 0.1) is 0 Å². The van der Waals surface area contributed by atoms with Gasteiger partial charge in [-0.15, -0.1) is 0 Å². The summed E-state index contributed by atoms with van der Waals surface area (Å²) in [5, 5.41) is 4.81. The third-order valence-electron chi connectivity index (χ3n) is 6.69.